The molecule has 0 atom stereocenters. The molecule has 0 aliphatic carbocycles. The van der Waals surface area contributed by atoms with Crippen molar-refractivity contribution in [2.75, 3.05) is 17.3 Å². The number of anilines is 2. The normalized spacial score (nSPS) is 10.7. The summed E-state index contributed by atoms with van der Waals surface area (Å²) in [6, 6.07) is 4.75. The second-order valence-corrected chi connectivity index (χ2v) is 4.68. The van der Waals surface area contributed by atoms with Crippen LogP contribution in [-0.2, 0) is 0 Å². The van der Waals surface area contributed by atoms with Crippen molar-refractivity contribution in [1.82, 2.24) is 15.4 Å². The molecule has 0 saturated heterocycles. The lowest BCUT2D eigenvalue weighted by Crippen LogP contribution is -2.26. The van der Waals surface area contributed by atoms with E-state index < -0.39 is 5.91 Å². The third-order valence-electron chi connectivity index (χ3n) is 3.01. The van der Waals surface area contributed by atoms with E-state index in [2.05, 4.69) is 20.7 Å². The predicted octanol–water partition coefficient (Wildman–Crippen LogP) is 2.04. The number of amides is 1. The third-order valence-corrected chi connectivity index (χ3v) is 3.01. The maximum absolute atomic E-state index is 14.0. The van der Waals surface area contributed by atoms with Crippen LogP contribution in [0.15, 0.2) is 24.4 Å². The molecular formula is C13H16FN5O. The van der Waals surface area contributed by atoms with Crippen LogP contribution in [0.25, 0.3) is 0 Å². The molecule has 2 rings (SSSR count). The Balaban J connectivity index is 2.15. The zero-order valence-electron chi connectivity index (χ0n) is 11.5. The zero-order valence-corrected chi connectivity index (χ0v) is 11.5. The number of aromatic nitrogens is 3. The van der Waals surface area contributed by atoms with Crippen molar-refractivity contribution in [1.29, 1.82) is 0 Å². The van der Waals surface area contributed by atoms with Crippen molar-refractivity contribution >= 4 is 17.3 Å². The van der Waals surface area contributed by atoms with Crippen LogP contribution in [-0.4, -0.2) is 34.4 Å². The van der Waals surface area contributed by atoms with Gasteiger partial charge in [0.1, 0.15) is 5.82 Å². The second kappa shape index (κ2) is 5.68. The molecule has 0 saturated carbocycles. The molecule has 6 nitrogen and oxygen atoms in total. The third kappa shape index (κ3) is 2.93. The molecule has 1 amide bonds. The van der Waals surface area contributed by atoms with Gasteiger partial charge in [0, 0.05) is 18.8 Å². The Morgan fingerprint density at radius 2 is 2.20 bits per heavy atom. The predicted molar refractivity (Wildman–Crippen MR) is 74.3 cm³/mol. The number of benzene rings is 1. The number of nitrogens with one attached hydrogen (secondary N) is 2. The molecule has 106 valence electrons. The number of carbonyl (C=O) groups excluding carboxylic acids is 1. The van der Waals surface area contributed by atoms with Crippen LogP contribution in [0.1, 0.15) is 24.3 Å². The summed E-state index contributed by atoms with van der Waals surface area (Å²) < 4.78 is 14.0. The molecule has 2 aromatic rings. The maximum atomic E-state index is 14.0. The summed E-state index contributed by atoms with van der Waals surface area (Å²) >= 11 is 0. The van der Waals surface area contributed by atoms with Crippen molar-refractivity contribution in [2.24, 2.45) is 0 Å². The Morgan fingerprint density at radius 1 is 1.45 bits per heavy atom. The Kier molecular flexibility index (Phi) is 3.97. The Morgan fingerprint density at radius 3 is 2.75 bits per heavy atom. The molecule has 1 heterocycles. The van der Waals surface area contributed by atoms with Gasteiger partial charge in [0.25, 0.3) is 5.91 Å². The number of halogens is 1. The van der Waals surface area contributed by atoms with Crippen LogP contribution < -0.4 is 10.2 Å². The number of rotatable bonds is 4. The van der Waals surface area contributed by atoms with E-state index in [0.717, 1.165) is 0 Å². The average molecular weight is 277 g/mol. The van der Waals surface area contributed by atoms with Crippen LogP contribution in [0, 0.1) is 5.82 Å². The molecular weight excluding hydrogens is 261 g/mol. The summed E-state index contributed by atoms with van der Waals surface area (Å²) in [4.78, 5) is 13.6. The molecule has 1 aromatic carbocycles. The molecule has 0 radical (unpaired) electrons. The SMILES string of the molecule is CC(C)N(C)c1ccc(NC(=O)c2cn[nH]n2)cc1F. The van der Waals surface area contributed by atoms with E-state index >= 15 is 0 Å². The van der Waals surface area contributed by atoms with Gasteiger partial charge in [0.2, 0.25) is 0 Å². The topological polar surface area (TPSA) is 73.9 Å². The summed E-state index contributed by atoms with van der Waals surface area (Å²) in [6.45, 7) is 3.94. The highest BCUT2D eigenvalue weighted by molar-refractivity contribution is 6.02. The minimum absolute atomic E-state index is 0.147. The highest BCUT2D eigenvalue weighted by atomic mass is 19.1. The molecule has 2 N–H and O–H groups in total. The van der Waals surface area contributed by atoms with Gasteiger partial charge in [-0.15, -0.1) is 0 Å². The molecule has 0 aliphatic rings. The van der Waals surface area contributed by atoms with Crippen LogP contribution in [0.2, 0.25) is 0 Å². The number of aromatic amines is 1. The van der Waals surface area contributed by atoms with Crippen LogP contribution >= 0.6 is 0 Å². The van der Waals surface area contributed by atoms with Crippen molar-refractivity contribution in [3.63, 3.8) is 0 Å². The lowest BCUT2D eigenvalue weighted by Gasteiger charge is -2.24. The summed E-state index contributed by atoms with van der Waals surface area (Å²) in [5.74, 6) is -0.831. The highest BCUT2D eigenvalue weighted by Gasteiger charge is 2.13. The van der Waals surface area contributed by atoms with Gasteiger partial charge in [-0.25, -0.2) is 4.39 Å². The van der Waals surface area contributed by atoms with Gasteiger partial charge >= 0.3 is 0 Å². The minimum atomic E-state index is -0.442. The fraction of sp³-hybridized carbons (Fsp3) is 0.308. The highest BCUT2D eigenvalue weighted by Crippen LogP contribution is 2.23. The smallest absolute Gasteiger partial charge is 0.277 e. The molecule has 0 unspecified atom stereocenters. The molecule has 0 bridgehead atoms. The fourth-order valence-electron chi connectivity index (χ4n) is 1.66. The largest absolute Gasteiger partial charge is 0.370 e. The molecule has 7 heteroatoms. The van der Waals surface area contributed by atoms with Crippen molar-refractivity contribution in [3.8, 4) is 0 Å². The number of carbonyl (C=O) groups is 1. The van der Waals surface area contributed by atoms with E-state index in [1.54, 1.807) is 12.1 Å². The van der Waals surface area contributed by atoms with Gasteiger partial charge in [-0.1, -0.05) is 0 Å². The average Bonchev–Trinajstić information content (AvgIpc) is 2.92. The standard InChI is InChI=1S/C13H16FN5O/c1-8(2)19(3)12-5-4-9(6-10(12)14)16-13(20)11-7-15-18-17-11/h4-8H,1-3H3,(H,16,20)(H,15,17,18). The molecule has 0 aliphatic heterocycles. The number of hydrogen-bond acceptors (Lipinski definition) is 4. The van der Waals surface area contributed by atoms with Crippen molar-refractivity contribution < 1.29 is 9.18 Å². The first kappa shape index (κ1) is 14.0. The molecule has 0 spiro atoms. The number of nitrogens with zero attached hydrogens (tertiary/aromatic N) is 3. The fourth-order valence-corrected chi connectivity index (χ4v) is 1.66. The minimum Gasteiger partial charge on any atom is -0.370 e. The lowest BCUT2D eigenvalue weighted by atomic mass is 10.2. The zero-order chi connectivity index (χ0) is 14.7. The monoisotopic (exact) mass is 277 g/mol. The van der Waals surface area contributed by atoms with E-state index in [1.165, 1.54) is 12.3 Å². The Hall–Kier alpha value is -2.44. The first-order valence-electron chi connectivity index (χ1n) is 6.18. The first-order valence-corrected chi connectivity index (χ1v) is 6.18. The Bertz CT molecular complexity index is 597. The lowest BCUT2D eigenvalue weighted by molar-refractivity contribution is 0.102. The van der Waals surface area contributed by atoms with Crippen LogP contribution in [0.4, 0.5) is 15.8 Å². The summed E-state index contributed by atoms with van der Waals surface area (Å²) in [6.07, 6.45) is 1.30. The summed E-state index contributed by atoms with van der Waals surface area (Å²) in [5.41, 5.74) is 1.00. The van der Waals surface area contributed by atoms with Crippen LogP contribution in [0.3, 0.4) is 0 Å². The number of hydrogen-bond donors (Lipinski definition) is 2. The van der Waals surface area contributed by atoms with Crippen molar-refractivity contribution in [3.05, 3.63) is 35.9 Å². The van der Waals surface area contributed by atoms with Gasteiger partial charge in [-0.3, -0.25) is 4.79 Å². The van der Waals surface area contributed by atoms with Gasteiger partial charge in [0.05, 0.1) is 11.9 Å². The molecule has 20 heavy (non-hydrogen) atoms. The van der Waals surface area contributed by atoms with Gasteiger partial charge in [-0.2, -0.15) is 15.4 Å². The quantitative estimate of drug-likeness (QED) is 0.897. The van der Waals surface area contributed by atoms with Gasteiger partial charge in [0.15, 0.2) is 5.69 Å². The molecule has 1 aromatic heterocycles. The van der Waals surface area contributed by atoms with E-state index in [9.17, 15) is 9.18 Å². The van der Waals surface area contributed by atoms with E-state index in [-0.39, 0.29) is 17.6 Å². The summed E-state index contributed by atoms with van der Waals surface area (Å²) in [7, 11) is 1.82. The van der Waals surface area contributed by atoms with Gasteiger partial charge in [-0.05, 0) is 32.0 Å². The molecule has 0 fully saturated rings. The second-order valence-electron chi connectivity index (χ2n) is 4.68. The maximum Gasteiger partial charge on any atom is 0.277 e. The first-order chi connectivity index (χ1) is 9.49. The van der Waals surface area contributed by atoms with E-state index in [4.69, 9.17) is 0 Å². The van der Waals surface area contributed by atoms with Gasteiger partial charge < -0.3 is 10.2 Å². The van der Waals surface area contributed by atoms with Crippen molar-refractivity contribution in [2.45, 2.75) is 19.9 Å². The van der Waals surface area contributed by atoms with Crippen LogP contribution in [0.5, 0.6) is 0 Å². The Labute approximate surface area is 116 Å². The van der Waals surface area contributed by atoms with E-state index in [0.29, 0.717) is 11.4 Å². The summed E-state index contributed by atoms with van der Waals surface area (Å²) in [5, 5.41) is 12.1. The number of H-pyrrole nitrogens is 1. The van der Waals surface area contributed by atoms with E-state index in [1.807, 2.05) is 25.8 Å².